The van der Waals surface area contributed by atoms with E-state index in [-0.39, 0.29) is 5.91 Å². The zero-order valence-corrected chi connectivity index (χ0v) is 16.5. The molecule has 0 saturated carbocycles. The van der Waals surface area contributed by atoms with E-state index < -0.39 is 0 Å². The zero-order valence-electron chi connectivity index (χ0n) is 16.5. The number of hydrogen-bond acceptors (Lipinski definition) is 3. The van der Waals surface area contributed by atoms with Crippen LogP contribution in [-0.4, -0.2) is 32.0 Å². The third-order valence-corrected chi connectivity index (χ3v) is 4.88. The fourth-order valence-electron chi connectivity index (χ4n) is 3.41. The number of aryl methyl sites for hydroxylation is 1. The number of hydrogen-bond donors (Lipinski definition) is 1. The fourth-order valence-corrected chi connectivity index (χ4v) is 3.41. The van der Waals surface area contributed by atoms with Crippen molar-refractivity contribution in [2.45, 2.75) is 20.3 Å². The first-order chi connectivity index (χ1) is 14.1. The van der Waals surface area contributed by atoms with E-state index >= 15 is 0 Å². The molecule has 0 fully saturated rings. The van der Waals surface area contributed by atoms with Gasteiger partial charge < -0.3 is 5.32 Å². The van der Waals surface area contributed by atoms with E-state index in [4.69, 9.17) is 0 Å². The Hall–Kier alpha value is -3.67. The first kappa shape index (κ1) is 18.7. The summed E-state index contributed by atoms with van der Waals surface area (Å²) >= 11 is 0. The number of rotatable bonds is 6. The van der Waals surface area contributed by atoms with Crippen molar-refractivity contribution in [3.05, 3.63) is 95.6 Å². The summed E-state index contributed by atoms with van der Waals surface area (Å²) in [6.45, 7) is 4.33. The Labute approximate surface area is 169 Å². The number of para-hydroxylation sites is 2. The molecule has 6 nitrogen and oxygen atoms in total. The Morgan fingerprint density at radius 3 is 2.31 bits per heavy atom. The van der Waals surface area contributed by atoms with Gasteiger partial charge in [-0.2, -0.15) is 10.2 Å². The van der Waals surface area contributed by atoms with Gasteiger partial charge >= 0.3 is 0 Å². The molecule has 0 aliphatic heterocycles. The summed E-state index contributed by atoms with van der Waals surface area (Å²) in [5, 5.41) is 12.0. The molecule has 2 aromatic heterocycles. The molecule has 146 valence electrons. The van der Waals surface area contributed by atoms with Gasteiger partial charge in [0.25, 0.3) is 5.91 Å². The van der Waals surface area contributed by atoms with Crippen LogP contribution in [-0.2, 0) is 6.42 Å². The number of benzene rings is 2. The molecule has 0 bridgehead atoms. The summed E-state index contributed by atoms with van der Waals surface area (Å²) in [5.74, 6) is -0.0994. The predicted octanol–water partition coefficient (Wildman–Crippen LogP) is 3.65. The number of carbonyl (C=O) groups excluding carboxylic acids is 1. The van der Waals surface area contributed by atoms with Crippen molar-refractivity contribution in [1.82, 2.24) is 24.9 Å². The van der Waals surface area contributed by atoms with Gasteiger partial charge in [-0.3, -0.25) is 4.79 Å². The van der Waals surface area contributed by atoms with E-state index in [0.717, 1.165) is 28.3 Å². The van der Waals surface area contributed by atoms with Gasteiger partial charge in [-0.25, -0.2) is 9.36 Å². The molecule has 0 saturated heterocycles. The lowest BCUT2D eigenvalue weighted by atomic mass is 10.1. The highest BCUT2D eigenvalue weighted by Gasteiger charge is 2.19. The smallest absolute Gasteiger partial charge is 0.255 e. The maximum atomic E-state index is 12.8. The van der Waals surface area contributed by atoms with Crippen LogP contribution in [0.3, 0.4) is 0 Å². The van der Waals surface area contributed by atoms with Crippen molar-refractivity contribution in [1.29, 1.82) is 0 Å². The van der Waals surface area contributed by atoms with Crippen molar-refractivity contribution in [3.63, 3.8) is 0 Å². The Kier molecular flexibility index (Phi) is 5.24. The van der Waals surface area contributed by atoms with Crippen molar-refractivity contribution in [3.8, 4) is 11.4 Å². The number of carbonyl (C=O) groups is 1. The maximum absolute atomic E-state index is 12.8. The second-order valence-electron chi connectivity index (χ2n) is 6.93. The van der Waals surface area contributed by atoms with E-state index in [1.165, 1.54) is 0 Å². The van der Waals surface area contributed by atoms with Gasteiger partial charge in [-0.05, 0) is 50.1 Å². The molecule has 2 aromatic carbocycles. The summed E-state index contributed by atoms with van der Waals surface area (Å²) in [6, 6.07) is 19.8. The monoisotopic (exact) mass is 385 g/mol. The van der Waals surface area contributed by atoms with Crippen LogP contribution < -0.4 is 5.32 Å². The van der Waals surface area contributed by atoms with Gasteiger partial charge in [0.2, 0.25) is 0 Å². The summed E-state index contributed by atoms with van der Waals surface area (Å²) in [7, 11) is 0. The molecule has 0 atom stereocenters. The first-order valence-electron chi connectivity index (χ1n) is 9.62. The fraction of sp³-hybridized carbons (Fsp3) is 0.174. The van der Waals surface area contributed by atoms with Gasteiger partial charge in [-0.1, -0.05) is 36.4 Å². The molecule has 29 heavy (non-hydrogen) atoms. The lowest BCUT2D eigenvalue weighted by molar-refractivity contribution is 0.0953. The third-order valence-electron chi connectivity index (χ3n) is 4.88. The van der Waals surface area contributed by atoms with Crippen LogP contribution >= 0.6 is 0 Å². The summed E-state index contributed by atoms with van der Waals surface area (Å²) in [5.41, 5.74) is 5.23. The lowest BCUT2D eigenvalue weighted by Crippen LogP contribution is -2.26. The quantitative estimate of drug-likeness (QED) is 0.551. The molecular formula is C23H23N5O. The molecule has 0 aliphatic rings. The average molecular weight is 385 g/mol. The molecule has 4 rings (SSSR count). The van der Waals surface area contributed by atoms with E-state index in [0.29, 0.717) is 18.5 Å². The van der Waals surface area contributed by atoms with Crippen molar-refractivity contribution in [2.75, 3.05) is 6.54 Å². The van der Waals surface area contributed by atoms with Crippen LogP contribution in [0.25, 0.3) is 11.4 Å². The molecule has 1 amide bonds. The first-order valence-corrected chi connectivity index (χ1v) is 9.62. The zero-order chi connectivity index (χ0) is 20.2. The highest BCUT2D eigenvalue weighted by Crippen LogP contribution is 2.17. The molecule has 4 aromatic rings. The van der Waals surface area contributed by atoms with Crippen molar-refractivity contribution in [2.24, 2.45) is 0 Å². The van der Waals surface area contributed by atoms with Crippen LogP contribution in [0.2, 0.25) is 0 Å². The summed E-state index contributed by atoms with van der Waals surface area (Å²) < 4.78 is 3.66. The van der Waals surface area contributed by atoms with Gasteiger partial charge in [-0.15, -0.1) is 0 Å². The summed E-state index contributed by atoms with van der Waals surface area (Å²) in [6.07, 6.45) is 4.54. The van der Waals surface area contributed by atoms with E-state index in [9.17, 15) is 4.79 Å². The highest BCUT2D eigenvalue weighted by atomic mass is 16.1. The van der Waals surface area contributed by atoms with Crippen molar-refractivity contribution < 1.29 is 4.79 Å². The maximum Gasteiger partial charge on any atom is 0.255 e. The molecule has 0 spiro atoms. The molecule has 2 heterocycles. The molecule has 0 aliphatic carbocycles. The normalized spacial score (nSPS) is 10.8. The van der Waals surface area contributed by atoms with Crippen LogP contribution in [0.1, 0.15) is 27.3 Å². The second kappa shape index (κ2) is 8.14. The van der Waals surface area contributed by atoms with Gasteiger partial charge in [0.15, 0.2) is 0 Å². The van der Waals surface area contributed by atoms with E-state index in [2.05, 4.69) is 15.5 Å². The van der Waals surface area contributed by atoms with E-state index in [1.807, 2.05) is 96.3 Å². The van der Waals surface area contributed by atoms with Gasteiger partial charge in [0.05, 0.1) is 34.5 Å². The largest absolute Gasteiger partial charge is 0.352 e. The van der Waals surface area contributed by atoms with Crippen LogP contribution in [0.15, 0.2) is 73.1 Å². The molecule has 1 N–H and O–H groups in total. The standard InChI is InChI=1S/C23H23N5O/c1-17-22(18(2)28(26-17)21-11-7-4-8-12-21)23(29)24-14-13-19-15-25-27(16-19)20-9-5-3-6-10-20/h3-12,15-16H,13-14H2,1-2H3,(H,24,29). The SMILES string of the molecule is Cc1nn(-c2ccccc2)c(C)c1C(=O)NCCc1cnn(-c2ccccc2)c1. The highest BCUT2D eigenvalue weighted by molar-refractivity contribution is 5.96. The number of aromatic nitrogens is 4. The Balaban J connectivity index is 1.41. The molecule has 0 unspecified atom stereocenters. The minimum absolute atomic E-state index is 0.0994. The van der Waals surface area contributed by atoms with Gasteiger partial charge in [0, 0.05) is 12.7 Å². The third kappa shape index (κ3) is 3.96. The minimum atomic E-state index is -0.0994. The van der Waals surface area contributed by atoms with Gasteiger partial charge in [0.1, 0.15) is 0 Å². The Morgan fingerprint density at radius 1 is 0.966 bits per heavy atom. The Bertz CT molecular complexity index is 1110. The van der Waals surface area contributed by atoms with Crippen molar-refractivity contribution >= 4 is 5.91 Å². The molecular weight excluding hydrogens is 362 g/mol. The lowest BCUT2D eigenvalue weighted by Gasteiger charge is -2.06. The predicted molar refractivity (Wildman–Crippen MR) is 113 cm³/mol. The topological polar surface area (TPSA) is 64.7 Å². The summed E-state index contributed by atoms with van der Waals surface area (Å²) in [4.78, 5) is 12.8. The van der Waals surface area contributed by atoms with Crippen LogP contribution in [0.5, 0.6) is 0 Å². The Morgan fingerprint density at radius 2 is 1.62 bits per heavy atom. The average Bonchev–Trinajstić information content (AvgIpc) is 3.33. The van der Waals surface area contributed by atoms with Crippen LogP contribution in [0.4, 0.5) is 0 Å². The number of amides is 1. The minimum Gasteiger partial charge on any atom is -0.352 e. The van der Waals surface area contributed by atoms with E-state index in [1.54, 1.807) is 0 Å². The second-order valence-corrected chi connectivity index (χ2v) is 6.93. The molecule has 0 radical (unpaired) electrons. The number of nitrogens with zero attached hydrogens (tertiary/aromatic N) is 4. The molecule has 6 heteroatoms. The number of nitrogens with one attached hydrogen (secondary N) is 1. The van der Waals surface area contributed by atoms with Crippen LogP contribution in [0, 0.1) is 13.8 Å².